The summed E-state index contributed by atoms with van der Waals surface area (Å²) >= 11 is 7.80. The summed E-state index contributed by atoms with van der Waals surface area (Å²) in [5, 5.41) is 9.86. The van der Waals surface area contributed by atoms with Crippen LogP contribution in [0.3, 0.4) is 0 Å². The first-order valence-electron chi connectivity index (χ1n) is 10.0. The van der Waals surface area contributed by atoms with Gasteiger partial charge in [-0.05, 0) is 36.8 Å². The predicted octanol–water partition coefficient (Wildman–Crippen LogP) is 3.96. The zero-order chi connectivity index (χ0) is 22.7. The minimum atomic E-state index is -0.547. The maximum absolute atomic E-state index is 14.9. The van der Waals surface area contributed by atoms with Gasteiger partial charge in [-0.1, -0.05) is 35.5 Å². The van der Waals surface area contributed by atoms with E-state index in [1.54, 1.807) is 30.3 Å². The zero-order valence-corrected chi connectivity index (χ0v) is 18.9. The fraction of sp³-hybridized carbons (Fsp3) is 0.273. The van der Waals surface area contributed by atoms with Crippen LogP contribution in [0.5, 0.6) is 0 Å². The van der Waals surface area contributed by atoms with E-state index in [-0.39, 0.29) is 12.4 Å². The summed E-state index contributed by atoms with van der Waals surface area (Å²) < 4.78 is 21.6. The Balaban J connectivity index is 1.94. The number of aliphatic imine (C=N–C) groups is 1. The molecule has 166 valence electrons. The topological polar surface area (TPSA) is 95.4 Å². The second-order valence-corrected chi connectivity index (χ2v) is 8.56. The van der Waals surface area contributed by atoms with Crippen molar-refractivity contribution in [2.24, 2.45) is 10.7 Å². The molecule has 0 bridgehead atoms. The third-order valence-corrected chi connectivity index (χ3v) is 6.22. The van der Waals surface area contributed by atoms with Crippen molar-refractivity contribution in [3.8, 4) is 5.69 Å². The number of aromatic nitrogens is 3. The Labute approximate surface area is 193 Å². The number of nitrogens with two attached hydrogens (primary N) is 1. The van der Waals surface area contributed by atoms with Gasteiger partial charge in [0.25, 0.3) is 0 Å². The monoisotopic (exact) mass is 473 g/mol. The van der Waals surface area contributed by atoms with Gasteiger partial charge < -0.3 is 10.5 Å². The van der Waals surface area contributed by atoms with E-state index in [0.717, 1.165) is 5.69 Å². The molecule has 1 aliphatic heterocycles. The molecule has 32 heavy (non-hydrogen) atoms. The van der Waals surface area contributed by atoms with Gasteiger partial charge in [0.15, 0.2) is 11.0 Å². The van der Waals surface area contributed by atoms with Crippen molar-refractivity contribution >= 4 is 35.0 Å². The van der Waals surface area contributed by atoms with Crippen LogP contribution in [0.15, 0.2) is 52.6 Å². The Hall–Kier alpha value is -2.75. The number of rotatable bonds is 7. The van der Waals surface area contributed by atoms with Crippen LogP contribution in [0.2, 0.25) is 5.02 Å². The Kier molecular flexibility index (Phi) is 6.88. The van der Waals surface area contributed by atoms with E-state index >= 15 is 0 Å². The molecule has 0 radical (unpaired) electrons. The smallest absolute Gasteiger partial charge is 0.305 e. The van der Waals surface area contributed by atoms with Crippen LogP contribution in [-0.2, 0) is 9.53 Å². The maximum atomic E-state index is 14.9. The minimum Gasteiger partial charge on any atom is -0.469 e. The van der Waals surface area contributed by atoms with Crippen LogP contribution in [0.4, 0.5) is 4.39 Å². The van der Waals surface area contributed by atoms with Gasteiger partial charge in [-0.15, -0.1) is 10.2 Å². The molecule has 0 saturated carbocycles. The lowest BCUT2D eigenvalue weighted by molar-refractivity contribution is -0.140. The van der Waals surface area contributed by atoms with Crippen LogP contribution in [-0.4, -0.2) is 45.9 Å². The predicted molar refractivity (Wildman–Crippen MR) is 122 cm³/mol. The van der Waals surface area contributed by atoms with E-state index in [1.165, 1.54) is 24.9 Å². The Morgan fingerprint density at radius 1 is 1.25 bits per heavy atom. The van der Waals surface area contributed by atoms with Gasteiger partial charge in [0.05, 0.1) is 18.5 Å². The third kappa shape index (κ3) is 4.41. The number of thioether (sulfide) groups is 1. The van der Waals surface area contributed by atoms with Crippen LogP contribution in [0.1, 0.15) is 35.8 Å². The Morgan fingerprint density at radius 3 is 2.81 bits per heavy atom. The van der Waals surface area contributed by atoms with Gasteiger partial charge in [0, 0.05) is 34.9 Å². The number of ether oxygens (including phenoxy) is 1. The molecule has 2 N–H and O–H groups in total. The number of fused-ring (bicyclic) bond motifs is 3. The maximum Gasteiger partial charge on any atom is 0.305 e. The number of esters is 1. The second kappa shape index (κ2) is 9.81. The van der Waals surface area contributed by atoms with E-state index in [2.05, 4.69) is 10.2 Å². The number of nitrogens with zero attached hydrogens (tertiary/aromatic N) is 4. The summed E-state index contributed by atoms with van der Waals surface area (Å²) in [5.74, 6) is 0.443. The van der Waals surface area contributed by atoms with Gasteiger partial charge in [-0.3, -0.25) is 14.4 Å². The molecule has 1 aliphatic rings. The molecule has 4 rings (SSSR count). The molecule has 0 unspecified atom stereocenters. The van der Waals surface area contributed by atoms with Gasteiger partial charge in [0.2, 0.25) is 0 Å². The van der Waals surface area contributed by atoms with Crippen molar-refractivity contribution in [1.29, 1.82) is 0 Å². The lowest BCUT2D eigenvalue weighted by Gasteiger charge is -2.14. The summed E-state index contributed by atoms with van der Waals surface area (Å²) in [5.41, 5.74) is 7.86. The molecular weight excluding hydrogens is 453 g/mol. The highest BCUT2D eigenvalue weighted by atomic mass is 35.5. The molecule has 0 spiro atoms. The summed E-state index contributed by atoms with van der Waals surface area (Å²) in [7, 11) is 1.34. The first kappa shape index (κ1) is 22.4. The molecule has 2 heterocycles. The second-order valence-electron chi connectivity index (χ2n) is 7.06. The normalized spacial score (nSPS) is 14.9. The van der Waals surface area contributed by atoms with E-state index in [4.69, 9.17) is 27.1 Å². The summed E-state index contributed by atoms with van der Waals surface area (Å²) in [6.45, 7) is 0.475. The number of carbonyl (C=O) groups is 1. The fourth-order valence-corrected chi connectivity index (χ4v) is 4.45. The first-order valence-corrected chi connectivity index (χ1v) is 11.4. The van der Waals surface area contributed by atoms with Gasteiger partial charge >= 0.3 is 5.97 Å². The molecule has 0 amide bonds. The minimum absolute atomic E-state index is 0.129. The molecule has 1 atom stereocenters. The quantitative estimate of drug-likeness (QED) is 0.412. The zero-order valence-electron chi connectivity index (χ0n) is 17.3. The largest absolute Gasteiger partial charge is 0.469 e. The lowest BCUT2D eigenvalue weighted by atomic mass is 10.00. The highest BCUT2D eigenvalue weighted by molar-refractivity contribution is 7.99. The molecule has 2 aromatic carbocycles. The van der Waals surface area contributed by atoms with E-state index in [1.807, 2.05) is 10.6 Å². The summed E-state index contributed by atoms with van der Waals surface area (Å²) in [6.07, 6.45) is 0.455. The molecule has 0 aliphatic carbocycles. The number of carbonyl (C=O) groups excluding carboxylic acids is 1. The third-order valence-electron chi connectivity index (χ3n) is 5.02. The molecule has 1 aromatic heterocycles. The van der Waals surface area contributed by atoms with Gasteiger partial charge in [-0.25, -0.2) is 4.39 Å². The summed E-state index contributed by atoms with van der Waals surface area (Å²) in [6, 6.07) is 11.3. The number of halogens is 2. The number of benzene rings is 2. The fourth-order valence-electron chi connectivity index (χ4n) is 3.56. The highest BCUT2D eigenvalue weighted by Crippen LogP contribution is 2.36. The average molecular weight is 474 g/mol. The number of hydrogen-bond acceptors (Lipinski definition) is 7. The molecule has 0 saturated heterocycles. The summed E-state index contributed by atoms with van der Waals surface area (Å²) in [4.78, 5) is 16.7. The van der Waals surface area contributed by atoms with Crippen molar-refractivity contribution in [3.05, 3.63) is 70.3 Å². The molecule has 3 aromatic rings. The average Bonchev–Trinajstić information content (AvgIpc) is 3.16. The van der Waals surface area contributed by atoms with Crippen LogP contribution in [0, 0.1) is 5.82 Å². The van der Waals surface area contributed by atoms with Crippen LogP contribution >= 0.6 is 23.4 Å². The van der Waals surface area contributed by atoms with E-state index in [9.17, 15) is 9.18 Å². The number of hydrogen-bond donors (Lipinski definition) is 1. The van der Waals surface area contributed by atoms with Crippen molar-refractivity contribution in [2.75, 3.05) is 19.4 Å². The first-order chi connectivity index (χ1) is 15.5. The SMILES string of the molecule is COC(=O)CC[C@@H]1N=C(c2ccccc2F)c2cc(Cl)ccc2-n2c(SCCN)nnc21. The van der Waals surface area contributed by atoms with Gasteiger partial charge in [0.1, 0.15) is 11.9 Å². The molecular formula is C22H21ClFN5O2S. The van der Waals surface area contributed by atoms with E-state index < -0.39 is 11.9 Å². The Morgan fingerprint density at radius 2 is 2.06 bits per heavy atom. The van der Waals surface area contributed by atoms with Crippen molar-refractivity contribution in [2.45, 2.75) is 24.0 Å². The van der Waals surface area contributed by atoms with Crippen molar-refractivity contribution in [3.63, 3.8) is 0 Å². The molecule has 10 heteroatoms. The van der Waals surface area contributed by atoms with Crippen LogP contribution in [0.25, 0.3) is 5.69 Å². The Bertz CT molecular complexity index is 1180. The van der Waals surface area contributed by atoms with Gasteiger partial charge in [-0.2, -0.15) is 0 Å². The number of methoxy groups -OCH3 is 1. The van der Waals surface area contributed by atoms with E-state index in [0.29, 0.717) is 51.6 Å². The van der Waals surface area contributed by atoms with Crippen molar-refractivity contribution < 1.29 is 13.9 Å². The van der Waals surface area contributed by atoms with Crippen LogP contribution < -0.4 is 5.73 Å². The molecule has 7 nitrogen and oxygen atoms in total. The lowest BCUT2D eigenvalue weighted by Crippen LogP contribution is -2.10. The molecule has 0 fully saturated rings. The van der Waals surface area contributed by atoms with Crippen molar-refractivity contribution in [1.82, 2.24) is 14.8 Å². The highest BCUT2D eigenvalue weighted by Gasteiger charge is 2.30. The standard InChI is InChI=1S/C22H21ClFN5O2S/c1-31-19(30)9-7-17-21-27-28-22(32-11-10-25)29(21)18-8-6-13(23)12-15(18)20(26-17)14-4-2-3-5-16(14)24/h2-6,8,12,17H,7,9-11,25H2,1H3/t17-/m0/s1.